The molecule has 0 saturated heterocycles. The molecule has 172 valence electrons. The molecule has 1 unspecified atom stereocenters. The van der Waals surface area contributed by atoms with E-state index in [0.717, 1.165) is 49.8 Å². The van der Waals surface area contributed by atoms with E-state index < -0.39 is 11.9 Å². The zero-order chi connectivity index (χ0) is 23.1. The highest BCUT2D eigenvalue weighted by Crippen LogP contribution is 2.17. The lowest BCUT2D eigenvalue weighted by Crippen LogP contribution is -2.45. The van der Waals surface area contributed by atoms with Gasteiger partial charge in [0, 0.05) is 18.7 Å². The fraction of sp³-hybridized carbons (Fsp3) is 0.565. The summed E-state index contributed by atoms with van der Waals surface area (Å²) in [5.74, 6) is -0.674. The van der Waals surface area contributed by atoms with Crippen molar-refractivity contribution >= 4 is 24.6 Å². The van der Waals surface area contributed by atoms with Crippen molar-refractivity contribution < 1.29 is 19.2 Å². The van der Waals surface area contributed by atoms with E-state index in [4.69, 9.17) is 5.73 Å². The number of carbonyl (C=O) groups is 4. The summed E-state index contributed by atoms with van der Waals surface area (Å²) in [6, 6.07) is 4.59. The van der Waals surface area contributed by atoms with E-state index >= 15 is 0 Å². The van der Waals surface area contributed by atoms with E-state index in [0.29, 0.717) is 37.8 Å². The summed E-state index contributed by atoms with van der Waals surface area (Å²) >= 11 is 0. The Bertz CT molecular complexity index is 724. The van der Waals surface area contributed by atoms with Crippen LogP contribution in [0.1, 0.15) is 73.4 Å². The van der Waals surface area contributed by atoms with Crippen LogP contribution in [0.15, 0.2) is 18.2 Å². The molecule has 0 aliphatic heterocycles. The Morgan fingerprint density at radius 1 is 1.13 bits per heavy atom. The highest BCUT2D eigenvalue weighted by atomic mass is 16.2. The number of nitrogens with two attached hydrogens (primary N) is 1. The van der Waals surface area contributed by atoms with Gasteiger partial charge in [0.2, 0.25) is 18.7 Å². The summed E-state index contributed by atoms with van der Waals surface area (Å²) in [4.78, 5) is 48.4. The standard InChI is InChI=1S/C23H36N4O4/c1-3-9-21(23(31)26-16-28)27(17-29)15-20-14-19(11-10-18(20)2)22(30)25-13-8-6-4-5-7-12-24/h10-11,14,16-17,21H,3-9,12-13,15,24H2,1-2H3,(H,25,30)(H,26,28,31). The first-order chi connectivity index (χ1) is 15.0. The normalized spacial score (nSPS) is 11.5. The van der Waals surface area contributed by atoms with Crippen LogP contribution in [0, 0.1) is 6.92 Å². The Kier molecular flexibility index (Phi) is 12.8. The molecule has 1 aromatic rings. The molecule has 1 atom stereocenters. The lowest BCUT2D eigenvalue weighted by molar-refractivity contribution is -0.135. The second kappa shape index (κ2) is 15.1. The topological polar surface area (TPSA) is 122 Å². The van der Waals surface area contributed by atoms with Crippen molar-refractivity contribution in [3.8, 4) is 0 Å². The molecule has 4 amide bonds. The second-order valence-corrected chi connectivity index (χ2v) is 7.66. The van der Waals surface area contributed by atoms with Crippen LogP contribution in [0.25, 0.3) is 0 Å². The van der Waals surface area contributed by atoms with E-state index in [1.807, 2.05) is 19.9 Å². The number of rotatable bonds is 16. The molecule has 1 aromatic carbocycles. The van der Waals surface area contributed by atoms with Crippen molar-refractivity contribution in [2.45, 2.75) is 71.4 Å². The van der Waals surface area contributed by atoms with Crippen LogP contribution in [0.5, 0.6) is 0 Å². The summed E-state index contributed by atoms with van der Waals surface area (Å²) in [5.41, 5.74) is 7.69. The predicted octanol–water partition coefficient (Wildman–Crippen LogP) is 2.03. The van der Waals surface area contributed by atoms with Gasteiger partial charge in [-0.15, -0.1) is 0 Å². The van der Waals surface area contributed by atoms with Gasteiger partial charge in [0.1, 0.15) is 6.04 Å². The molecule has 0 bridgehead atoms. The minimum atomic E-state index is -0.746. The van der Waals surface area contributed by atoms with E-state index in [-0.39, 0.29) is 12.5 Å². The zero-order valence-electron chi connectivity index (χ0n) is 18.7. The van der Waals surface area contributed by atoms with E-state index in [2.05, 4.69) is 10.6 Å². The molecule has 0 saturated carbocycles. The van der Waals surface area contributed by atoms with Gasteiger partial charge in [-0.25, -0.2) is 0 Å². The average Bonchev–Trinajstić information content (AvgIpc) is 2.76. The number of carbonyl (C=O) groups excluding carboxylic acids is 4. The Labute approximate surface area is 184 Å². The Morgan fingerprint density at radius 3 is 2.48 bits per heavy atom. The number of hydrogen-bond donors (Lipinski definition) is 3. The van der Waals surface area contributed by atoms with Crippen LogP contribution in [0.4, 0.5) is 0 Å². The Morgan fingerprint density at radius 2 is 1.84 bits per heavy atom. The number of nitrogens with zero attached hydrogens (tertiary/aromatic N) is 1. The molecular formula is C23H36N4O4. The minimum Gasteiger partial charge on any atom is -0.352 e. The second-order valence-electron chi connectivity index (χ2n) is 7.66. The SMILES string of the molecule is CCCC(C(=O)NC=O)N(C=O)Cc1cc(C(=O)NCCCCCCCN)ccc1C. The highest BCUT2D eigenvalue weighted by Gasteiger charge is 2.24. The third-order valence-corrected chi connectivity index (χ3v) is 5.23. The van der Waals surface area contributed by atoms with Crippen molar-refractivity contribution in [1.29, 1.82) is 0 Å². The van der Waals surface area contributed by atoms with Crippen molar-refractivity contribution in [3.63, 3.8) is 0 Å². The number of imide groups is 1. The van der Waals surface area contributed by atoms with Gasteiger partial charge in [-0.3, -0.25) is 24.5 Å². The third kappa shape index (κ3) is 9.29. The summed E-state index contributed by atoms with van der Waals surface area (Å²) < 4.78 is 0. The number of aryl methyl sites for hydroxylation is 1. The maximum atomic E-state index is 12.5. The number of unbranched alkanes of at least 4 members (excludes halogenated alkanes) is 4. The van der Waals surface area contributed by atoms with Gasteiger partial charge < -0.3 is 16.0 Å². The first kappa shape index (κ1) is 26.3. The van der Waals surface area contributed by atoms with Crippen LogP contribution in [0.2, 0.25) is 0 Å². The van der Waals surface area contributed by atoms with Gasteiger partial charge in [-0.05, 0) is 56.0 Å². The fourth-order valence-corrected chi connectivity index (χ4v) is 3.38. The van der Waals surface area contributed by atoms with Gasteiger partial charge >= 0.3 is 0 Å². The molecule has 1 rings (SSSR count). The predicted molar refractivity (Wildman–Crippen MR) is 120 cm³/mol. The molecule has 0 aliphatic carbocycles. The quantitative estimate of drug-likeness (QED) is 0.273. The lowest BCUT2D eigenvalue weighted by atomic mass is 10.0. The first-order valence-electron chi connectivity index (χ1n) is 11.0. The van der Waals surface area contributed by atoms with Crippen molar-refractivity contribution in [2.24, 2.45) is 5.73 Å². The molecule has 0 radical (unpaired) electrons. The summed E-state index contributed by atoms with van der Waals surface area (Å²) in [6.45, 7) is 5.29. The number of amides is 4. The third-order valence-electron chi connectivity index (χ3n) is 5.23. The monoisotopic (exact) mass is 432 g/mol. The maximum Gasteiger partial charge on any atom is 0.251 e. The Balaban J connectivity index is 2.77. The zero-order valence-corrected chi connectivity index (χ0v) is 18.7. The van der Waals surface area contributed by atoms with E-state index in [9.17, 15) is 19.2 Å². The lowest BCUT2D eigenvalue weighted by Gasteiger charge is -2.27. The molecule has 8 nitrogen and oxygen atoms in total. The number of hydrogen-bond acceptors (Lipinski definition) is 5. The van der Waals surface area contributed by atoms with Crippen LogP contribution in [0.3, 0.4) is 0 Å². The van der Waals surface area contributed by atoms with Crippen molar-refractivity contribution in [3.05, 3.63) is 34.9 Å². The van der Waals surface area contributed by atoms with Crippen LogP contribution >= 0.6 is 0 Å². The first-order valence-corrected chi connectivity index (χ1v) is 11.0. The molecule has 0 fully saturated rings. The van der Waals surface area contributed by atoms with Gasteiger partial charge in [-0.2, -0.15) is 0 Å². The molecule has 31 heavy (non-hydrogen) atoms. The molecule has 0 aliphatic rings. The maximum absolute atomic E-state index is 12.5. The van der Waals surface area contributed by atoms with Crippen LogP contribution in [-0.4, -0.2) is 48.7 Å². The minimum absolute atomic E-state index is 0.162. The fourth-order valence-electron chi connectivity index (χ4n) is 3.38. The van der Waals surface area contributed by atoms with Gasteiger partial charge in [0.25, 0.3) is 5.91 Å². The molecule has 8 heteroatoms. The molecule has 0 spiro atoms. The molecular weight excluding hydrogens is 396 g/mol. The van der Waals surface area contributed by atoms with Crippen LogP contribution in [-0.2, 0) is 20.9 Å². The van der Waals surface area contributed by atoms with Crippen LogP contribution < -0.4 is 16.4 Å². The summed E-state index contributed by atoms with van der Waals surface area (Å²) in [6.07, 6.45) is 7.27. The molecule has 0 aromatic heterocycles. The average molecular weight is 433 g/mol. The molecule has 0 heterocycles. The van der Waals surface area contributed by atoms with Crippen molar-refractivity contribution in [2.75, 3.05) is 13.1 Å². The van der Waals surface area contributed by atoms with Gasteiger partial charge in [0.15, 0.2) is 0 Å². The van der Waals surface area contributed by atoms with E-state index in [1.54, 1.807) is 12.1 Å². The highest BCUT2D eigenvalue weighted by molar-refractivity contribution is 5.94. The Hall–Kier alpha value is -2.74. The van der Waals surface area contributed by atoms with Gasteiger partial charge in [0.05, 0.1) is 0 Å². The van der Waals surface area contributed by atoms with E-state index in [1.165, 1.54) is 4.90 Å². The summed E-state index contributed by atoms with van der Waals surface area (Å²) in [5, 5.41) is 5.06. The van der Waals surface area contributed by atoms with Crippen molar-refractivity contribution in [1.82, 2.24) is 15.5 Å². The molecule has 4 N–H and O–H groups in total. The smallest absolute Gasteiger partial charge is 0.251 e. The number of benzene rings is 1. The summed E-state index contributed by atoms with van der Waals surface area (Å²) in [7, 11) is 0. The largest absolute Gasteiger partial charge is 0.352 e. The van der Waals surface area contributed by atoms with Gasteiger partial charge in [-0.1, -0.05) is 38.7 Å². The number of nitrogens with one attached hydrogen (secondary N) is 2.